The molecule has 8 heteroatoms. The van der Waals surface area contributed by atoms with Crippen LogP contribution in [0.1, 0.15) is 6.92 Å². The van der Waals surface area contributed by atoms with Crippen LogP contribution in [0.3, 0.4) is 0 Å². The Morgan fingerprint density at radius 2 is 2.17 bits per heavy atom. The molecule has 1 N–H and O–H groups in total. The van der Waals surface area contributed by atoms with Gasteiger partial charge in [-0.25, -0.2) is 0 Å². The smallest absolute Gasteiger partial charge is 0.242 e. The number of ether oxygens (including phenoxy) is 1. The van der Waals surface area contributed by atoms with E-state index < -0.39 is 0 Å². The first-order chi connectivity index (χ1) is 10.1. The third-order valence-corrected chi connectivity index (χ3v) is 4.26. The second-order valence-electron chi connectivity index (χ2n) is 5.52. The van der Waals surface area contributed by atoms with Crippen molar-refractivity contribution in [1.29, 1.82) is 0 Å². The Hall–Kier alpha value is -0.880. The lowest BCUT2D eigenvalue weighted by Crippen LogP contribution is -2.55. The van der Waals surface area contributed by atoms with Gasteiger partial charge in [-0.05, 0) is 25.1 Å². The van der Waals surface area contributed by atoms with Crippen LogP contribution in [0.25, 0.3) is 0 Å². The summed E-state index contributed by atoms with van der Waals surface area (Å²) in [4.78, 5) is 16.6. The van der Waals surface area contributed by atoms with Gasteiger partial charge in [0.1, 0.15) is 12.4 Å². The molecule has 2 aliphatic heterocycles. The van der Waals surface area contributed by atoms with E-state index in [0.717, 1.165) is 31.1 Å². The molecule has 0 bridgehead atoms. The second kappa shape index (κ2) is 8.83. The summed E-state index contributed by atoms with van der Waals surface area (Å²) in [6.45, 7) is 6.25. The molecule has 3 rings (SSSR count). The number of carbonyl (C=O) groups is 1. The summed E-state index contributed by atoms with van der Waals surface area (Å²) < 4.78 is 5.62. The summed E-state index contributed by atoms with van der Waals surface area (Å²) in [5, 5.41) is 3.96. The molecule has 0 unspecified atom stereocenters. The van der Waals surface area contributed by atoms with Gasteiger partial charge < -0.3 is 19.9 Å². The minimum atomic E-state index is 0. The van der Waals surface area contributed by atoms with Crippen molar-refractivity contribution in [3.8, 4) is 5.75 Å². The predicted molar refractivity (Wildman–Crippen MR) is 97.7 cm³/mol. The maximum atomic E-state index is 12.6. The maximum absolute atomic E-state index is 12.6. The molecule has 0 spiro atoms. The first-order valence-corrected chi connectivity index (χ1v) is 7.70. The van der Waals surface area contributed by atoms with Gasteiger partial charge in [-0.2, -0.15) is 0 Å². The summed E-state index contributed by atoms with van der Waals surface area (Å²) in [5.41, 5.74) is 0.907. The number of anilines is 1. The topological polar surface area (TPSA) is 44.8 Å². The molecule has 2 heterocycles. The van der Waals surface area contributed by atoms with Crippen molar-refractivity contribution in [2.24, 2.45) is 0 Å². The molecule has 0 saturated carbocycles. The molecule has 1 fully saturated rings. The molecule has 130 valence electrons. The molecule has 0 aromatic heterocycles. The van der Waals surface area contributed by atoms with E-state index in [0.29, 0.717) is 24.7 Å². The molecule has 0 radical (unpaired) electrons. The molecule has 5 nitrogen and oxygen atoms in total. The number of hydrogen-bond donors (Lipinski definition) is 1. The van der Waals surface area contributed by atoms with Crippen molar-refractivity contribution in [2.75, 3.05) is 44.2 Å². The summed E-state index contributed by atoms with van der Waals surface area (Å²) >= 11 is 6.06. The van der Waals surface area contributed by atoms with Crippen LogP contribution in [0, 0.1) is 0 Å². The minimum Gasteiger partial charge on any atom is -0.490 e. The van der Waals surface area contributed by atoms with Gasteiger partial charge in [0, 0.05) is 30.7 Å². The Kier molecular flexibility index (Phi) is 7.74. The van der Waals surface area contributed by atoms with E-state index in [9.17, 15) is 4.79 Å². The molecule has 1 amide bonds. The highest BCUT2D eigenvalue weighted by atomic mass is 35.5. The zero-order valence-corrected chi connectivity index (χ0v) is 15.3. The van der Waals surface area contributed by atoms with Crippen molar-refractivity contribution in [3.63, 3.8) is 0 Å². The fourth-order valence-electron chi connectivity index (χ4n) is 2.88. The van der Waals surface area contributed by atoms with E-state index in [-0.39, 0.29) is 36.8 Å². The van der Waals surface area contributed by atoms with Gasteiger partial charge in [-0.15, -0.1) is 24.8 Å². The van der Waals surface area contributed by atoms with Crippen LogP contribution in [-0.4, -0.2) is 56.2 Å². The first kappa shape index (κ1) is 20.2. The van der Waals surface area contributed by atoms with Crippen molar-refractivity contribution in [1.82, 2.24) is 10.2 Å². The highest BCUT2D eigenvalue weighted by Crippen LogP contribution is 2.33. The number of rotatable bonds is 2. The third-order valence-electron chi connectivity index (χ3n) is 4.03. The number of amides is 1. The van der Waals surface area contributed by atoms with Crippen LogP contribution in [0.5, 0.6) is 5.75 Å². The summed E-state index contributed by atoms with van der Waals surface area (Å²) in [7, 11) is 0. The molecule has 1 atom stereocenters. The SMILES string of the molecule is C[C@@H]1CNCCN1C(=O)CN1CCOc2ccc(Cl)cc21.Cl.Cl. The maximum Gasteiger partial charge on any atom is 0.242 e. The highest BCUT2D eigenvalue weighted by Gasteiger charge is 2.27. The van der Waals surface area contributed by atoms with Gasteiger partial charge in [0.15, 0.2) is 0 Å². The number of fused-ring (bicyclic) bond motifs is 1. The first-order valence-electron chi connectivity index (χ1n) is 7.32. The van der Waals surface area contributed by atoms with Crippen LogP contribution in [0.2, 0.25) is 5.02 Å². The number of halogens is 3. The van der Waals surface area contributed by atoms with E-state index in [1.165, 1.54) is 0 Å². The fraction of sp³-hybridized carbons (Fsp3) is 0.533. The second-order valence-corrected chi connectivity index (χ2v) is 5.96. The highest BCUT2D eigenvalue weighted by molar-refractivity contribution is 6.31. The Morgan fingerprint density at radius 3 is 2.91 bits per heavy atom. The number of hydrogen-bond acceptors (Lipinski definition) is 4. The average molecular weight is 383 g/mol. The molecule has 23 heavy (non-hydrogen) atoms. The fourth-order valence-corrected chi connectivity index (χ4v) is 3.04. The lowest BCUT2D eigenvalue weighted by molar-refractivity contribution is -0.132. The standard InChI is InChI=1S/C15H20ClN3O2.2ClH/c1-11-9-17-4-5-19(11)15(20)10-18-6-7-21-14-3-2-12(16)8-13(14)18;;/h2-3,8,11,17H,4-7,9-10H2,1H3;2*1H/t11-;;/m1../s1. The van der Waals surface area contributed by atoms with E-state index in [1.807, 2.05) is 23.1 Å². The van der Waals surface area contributed by atoms with Gasteiger partial charge in [0.25, 0.3) is 0 Å². The minimum absolute atomic E-state index is 0. The summed E-state index contributed by atoms with van der Waals surface area (Å²) in [6, 6.07) is 5.78. The van der Waals surface area contributed by atoms with Crippen molar-refractivity contribution in [3.05, 3.63) is 23.2 Å². The number of piperazine rings is 1. The van der Waals surface area contributed by atoms with Gasteiger partial charge in [-0.3, -0.25) is 4.79 Å². The zero-order chi connectivity index (χ0) is 14.8. The third kappa shape index (κ3) is 4.57. The van der Waals surface area contributed by atoms with Gasteiger partial charge in [0.05, 0.1) is 18.8 Å². The number of benzene rings is 1. The number of carbonyl (C=O) groups excluding carboxylic acids is 1. The summed E-state index contributed by atoms with van der Waals surface area (Å²) in [6.07, 6.45) is 0. The molecule has 1 aromatic carbocycles. The molecular formula is C15H22Cl3N3O2. The van der Waals surface area contributed by atoms with E-state index in [4.69, 9.17) is 16.3 Å². The van der Waals surface area contributed by atoms with Crippen LogP contribution in [0.15, 0.2) is 18.2 Å². The van der Waals surface area contributed by atoms with Crippen molar-refractivity contribution in [2.45, 2.75) is 13.0 Å². The lowest BCUT2D eigenvalue weighted by atomic mass is 10.2. The normalized spacial score (nSPS) is 19.8. The quantitative estimate of drug-likeness (QED) is 0.852. The largest absolute Gasteiger partial charge is 0.490 e. The van der Waals surface area contributed by atoms with Crippen LogP contribution in [0.4, 0.5) is 5.69 Å². The number of nitrogens with one attached hydrogen (secondary N) is 1. The van der Waals surface area contributed by atoms with Crippen LogP contribution in [-0.2, 0) is 4.79 Å². The van der Waals surface area contributed by atoms with Gasteiger partial charge in [0.2, 0.25) is 5.91 Å². The Bertz CT molecular complexity index is 545. The predicted octanol–water partition coefficient (Wildman–Crippen LogP) is 2.20. The van der Waals surface area contributed by atoms with Crippen LogP contribution < -0.4 is 15.0 Å². The molecular weight excluding hydrogens is 361 g/mol. The lowest BCUT2D eigenvalue weighted by Gasteiger charge is -2.37. The van der Waals surface area contributed by atoms with Gasteiger partial charge in [-0.1, -0.05) is 11.6 Å². The number of nitrogens with zero attached hydrogens (tertiary/aromatic N) is 2. The van der Waals surface area contributed by atoms with E-state index in [1.54, 1.807) is 0 Å². The van der Waals surface area contributed by atoms with Crippen molar-refractivity contribution >= 4 is 48.0 Å². The molecule has 1 saturated heterocycles. The summed E-state index contributed by atoms with van der Waals surface area (Å²) in [5.74, 6) is 0.962. The van der Waals surface area contributed by atoms with Crippen molar-refractivity contribution < 1.29 is 9.53 Å². The zero-order valence-electron chi connectivity index (χ0n) is 13.0. The average Bonchev–Trinajstić information content (AvgIpc) is 2.48. The van der Waals surface area contributed by atoms with E-state index >= 15 is 0 Å². The Morgan fingerprint density at radius 1 is 1.39 bits per heavy atom. The van der Waals surface area contributed by atoms with Gasteiger partial charge >= 0.3 is 0 Å². The Balaban J connectivity index is 0.00000132. The van der Waals surface area contributed by atoms with E-state index in [2.05, 4.69) is 17.1 Å². The molecule has 1 aromatic rings. The van der Waals surface area contributed by atoms with Crippen LogP contribution >= 0.6 is 36.4 Å². The molecule has 2 aliphatic rings. The molecule has 0 aliphatic carbocycles. The monoisotopic (exact) mass is 381 g/mol. The Labute approximate surface area is 154 Å².